The van der Waals surface area contributed by atoms with Gasteiger partial charge < -0.3 is 14.8 Å². The number of aromatic nitrogens is 1. The first kappa shape index (κ1) is 27.1. The lowest BCUT2D eigenvalue weighted by atomic mass is 9.95. The van der Waals surface area contributed by atoms with Gasteiger partial charge in [-0.25, -0.2) is 4.99 Å². The van der Waals surface area contributed by atoms with Crippen LogP contribution in [0, 0.1) is 0 Å². The molecule has 202 valence electrons. The summed E-state index contributed by atoms with van der Waals surface area (Å²) < 4.78 is 12.5. The Hall–Kier alpha value is -4.47. The monoisotopic (exact) mass is 573 g/mol. The normalized spacial score (nSPS) is 14.8. The minimum absolute atomic E-state index is 0.279. The summed E-state index contributed by atoms with van der Waals surface area (Å²) in [5.74, 6) is -0.191. The quantitative estimate of drug-likeness (QED) is 0.271. The molecule has 40 heavy (non-hydrogen) atoms. The first-order valence-corrected chi connectivity index (χ1v) is 13.5. The van der Waals surface area contributed by atoms with Gasteiger partial charge in [0.05, 0.1) is 29.0 Å². The van der Waals surface area contributed by atoms with E-state index in [9.17, 15) is 14.4 Å². The van der Waals surface area contributed by atoms with Crippen molar-refractivity contribution in [2.75, 3.05) is 12.4 Å². The molecule has 1 aromatic heterocycles. The summed E-state index contributed by atoms with van der Waals surface area (Å²) in [5, 5.41) is 3.47. The average Bonchev–Trinajstić information content (AvgIpc) is 3.23. The number of ether oxygens (including phenoxy) is 2. The number of carbonyl (C=O) groups excluding carboxylic acids is 2. The second-order valence-electron chi connectivity index (χ2n) is 8.96. The lowest BCUT2D eigenvalue weighted by Gasteiger charge is -2.25. The minimum atomic E-state index is -0.722. The van der Waals surface area contributed by atoms with E-state index in [0.29, 0.717) is 42.6 Å². The Morgan fingerprint density at radius 2 is 1.77 bits per heavy atom. The number of esters is 1. The number of nitrogens with zero attached hydrogens (tertiary/aromatic N) is 2. The molecule has 0 saturated heterocycles. The highest BCUT2D eigenvalue weighted by atomic mass is 35.5. The Kier molecular flexibility index (Phi) is 7.68. The molecule has 1 aliphatic rings. The predicted molar refractivity (Wildman–Crippen MR) is 155 cm³/mol. The number of rotatable bonds is 6. The largest absolute Gasteiger partial charge is 0.493 e. The zero-order chi connectivity index (χ0) is 28.4. The van der Waals surface area contributed by atoms with E-state index in [1.54, 1.807) is 67.6 Å². The molecule has 0 radical (unpaired) electrons. The summed E-state index contributed by atoms with van der Waals surface area (Å²) in [7, 11) is 1.47. The lowest BCUT2D eigenvalue weighted by Crippen LogP contribution is -2.40. The fourth-order valence-electron chi connectivity index (χ4n) is 4.46. The molecule has 8 nitrogen and oxygen atoms in total. The molecule has 2 heterocycles. The Morgan fingerprint density at radius 1 is 1.05 bits per heavy atom. The lowest BCUT2D eigenvalue weighted by molar-refractivity contribution is -0.132. The van der Waals surface area contributed by atoms with Gasteiger partial charge in [0.25, 0.3) is 11.5 Å². The summed E-state index contributed by atoms with van der Waals surface area (Å²) in [4.78, 5) is 44.0. The molecule has 1 amide bonds. The number of para-hydroxylation sites is 1. The molecule has 10 heteroatoms. The summed E-state index contributed by atoms with van der Waals surface area (Å²) >= 11 is 7.37. The van der Waals surface area contributed by atoms with E-state index in [0.717, 1.165) is 5.56 Å². The summed E-state index contributed by atoms with van der Waals surface area (Å²) in [6, 6.07) is 20.5. The fourth-order valence-corrected chi connectivity index (χ4v) is 5.63. The standard InChI is InChI=1S/C30H24ClN3O5S/c1-17-26(28(36)33-22-7-5-4-6-8-22)27(20-10-12-21(31)13-11-20)34-29(37)25(40-30(34)32-17)16-19-9-14-23(39-18(2)35)24(15-19)38-3/h4-16,27H,1-3H3,(H,33,36)/t27-/m1/s1. The van der Waals surface area contributed by atoms with Crippen LogP contribution in [-0.4, -0.2) is 23.6 Å². The topological polar surface area (TPSA) is 99.0 Å². The van der Waals surface area contributed by atoms with Crippen LogP contribution < -0.4 is 29.7 Å². The van der Waals surface area contributed by atoms with Gasteiger partial charge in [-0.1, -0.05) is 59.3 Å². The van der Waals surface area contributed by atoms with E-state index >= 15 is 0 Å². The Morgan fingerprint density at radius 3 is 2.45 bits per heavy atom. The van der Waals surface area contributed by atoms with E-state index in [1.807, 2.05) is 18.2 Å². The third-order valence-corrected chi connectivity index (χ3v) is 7.46. The van der Waals surface area contributed by atoms with Gasteiger partial charge in [0.15, 0.2) is 16.3 Å². The van der Waals surface area contributed by atoms with Crippen molar-refractivity contribution < 1.29 is 19.1 Å². The van der Waals surface area contributed by atoms with Crippen molar-refractivity contribution >= 4 is 46.6 Å². The van der Waals surface area contributed by atoms with Crippen molar-refractivity contribution in [1.29, 1.82) is 0 Å². The Bertz CT molecular complexity index is 1830. The number of methoxy groups -OCH3 is 1. The maximum absolute atomic E-state index is 13.9. The highest BCUT2D eigenvalue weighted by Gasteiger charge is 2.32. The number of anilines is 1. The molecule has 0 spiro atoms. The first-order chi connectivity index (χ1) is 19.2. The molecule has 1 atom stereocenters. The van der Waals surface area contributed by atoms with Gasteiger partial charge in [-0.15, -0.1) is 0 Å². The molecule has 1 N–H and O–H groups in total. The molecule has 0 unspecified atom stereocenters. The van der Waals surface area contributed by atoms with Crippen LogP contribution in [0.3, 0.4) is 0 Å². The molecule has 1 aliphatic heterocycles. The fraction of sp³-hybridized carbons (Fsp3) is 0.133. The van der Waals surface area contributed by atoms with Gasteiger partial charge >= 0.3 is 5.97 Å². The minimum Gasteiger partial charge on any atom is -0.493 e. The number of hydrogen-bond acceptors (Lipinski definition) is 7. The maximum atomic E-state index is 13.9. The van der Waals surface area contributed by atoms with Crippen molar-refractivity contribution in [2.24, 2.45) is 4.99 Å². The van der Waals surface area contributed by atoms with Crippen LogP contribution in [0.2, 0.25) is 5.02 Å². The maximum Gasteiger partial charge on any atom is 0.308 e. The molecule has 0 aliphatic carbocycles. The highest BCUT2D eigenvalue weighted by molar-refractivity contribution is 7.07. The molecular formula is C30H24ClN3O5S. The van der Waals surface area contributed by atoms with E-state index in [1.165, 1.54) is 29.9 Å². The zero-order valence-electron chi connectivity index (χ0n) is 21.8. The Labute approximate surface area is 238 Å². The van der Waals surface area contributed by atoms with Crippen LogP contribution in [0.5, 0.6) is 11.5 Å². The number of fused-ring (bicyclic) bond motifs is 1. The zero-order valence-corrected chi connectivity index (χ0v) is 23.4. The third kappa shape index (κ3) is 5.47. The van der Waals surface area contributed by atoms with Crippen molar-refractivity contribution in [3.8, 4) is 11.5 Å². The average molecular weight is 574 g/mol. The molecule has 0 bridgehead atoms. The number of carbonyl (C=O) groups is 2. The summed E-state index contributed by atoms with van der Waals surface area (Å²) in [6.45, 7) is 3.07. The van der Waals surface area contributed by atoms with Crippen LogP contribution in [0.1, 0.15) is 31.0 Å². The number of nitrogens with one attached hydrogen (secondary N) is 1. The smallest absolute Gasteiger partial charge is 0.308 e. The van der Waals surface area contributed by atoms with Crippen LogP contribution in [-0.2, 0) is 9.59 Å². The van der Waals surface area contributed by atoms with Gasteiger partial charge in [-0.05, 0) is 60.5 Å². The van der Waals surface area contributed by atoms with Crippen LogP contribution >= 0.6 is 22.9 Å². The molecule has 4 aromatic rings. The summed E-state index contributed by atoms with van der Waals surface area (Å²) in [6.07, 6.45) is 1.71. The molecule has 3 aromatic carbocycles. The van der Waals surface area contributed by atoms with Crippen LogP contribution in [0.4, 0.5) is 5.69 Å². The molecule has 5 rings (SSSR count). The van der Waals surface area contributed by atoms with Gasteiger partial charge in [-0.3, -0.25) is 19.0 Å². The second-order valence-corrected chi connectivity index (χ2v) is 10.4. The van der Waals surface area contributed by atoms with Gasteiger partial charge in [0.2, 0.25) is 0 Å². The number of benzene rings is 3. The number of allylic oxidation sites excluding steroid dienone is 1. The highest BCUT2D eigenvalue weighted by Crippen LogP contribution is 2.32. The van der Waals surface area contributed by atoms with Gasteiger partial charge in [-0.2, -0.15) is 0 Å². The van der Waals surface area contributed by atoms with E-state index in [2.05, 4.69) is 10.3 Å². The SMILES string of the molecule is COc1cc(C=c2sc3n(c2=O)[C@H](c2ccc(Cl)cc2)C(C(=O)Nc2ccccc2)=C(C)N=3)ccc1OC(C)=O. The number of halogens is 1. The predicted octanol–water partition coefficient (Wildman–Crippen LogP) is 4.46. The Balaban J connectivity index is 1.63. The van der Waals surface area contributed by atoms with E-state index in [-0.39, 0.29) is 17.2 Å². The van der Waals surface area contributed by atoms with Crippen LogP contribution in [0.15, 0.2) is 93.9 Å². The number of amides is 1. The number of thiazole rings is 1. The van der Waals surface area contributed by atoms with Gasteiger partial charge in [0, 0.05) is 17.6 Å². The van der Waals surface area contributed by atoms with Crippen molar-refractivity contribution in [3.63, 3.8) is 0 Å². The van der Waals surface area contributed by atoms with Crippen molar-refractivity contribution in [1.82, 2.24) is 4.57 Å². The summed E-state index contributed by atoms with van der Waals surface area (Å²) in [5.41, 5.74) is 2.58. The van der Waals surface area contributed by atoms with E-state index in [4.69, 9.17) is 21.1 Å². The third-order valence-electron chi connectivity index (χ3n) is 6.22. The van der Waals surface area contributed by atoms with Crippen LogP contribution in [0.25, 0.3) is 6.08 Å². The van der Waals surface area contributed by atoms with E-state index < -0.39 is 12.0 Å². The molecule has 0 saturated carbocycles. The first-order valence-electron chi connectivity index (χ1n) is 12.3. The van der Waals surface area contributed by atoms with Crippen molar-refractivity contribution in [2.45, 2.75) is 19.9 Å². The molecular weight excluding hydrogens is 550 g/mol. The molecule has 0 fully saturated rings. The van der Waals surface area contributed by atoms with Gasteiger partial charge in [0.1, 0.15) is 0 Å². The second kappa shape index (κ2) is 11.3. The van der Waals surface area contributed by atoms with Crippen molar-refractivity contribution in [3.05, 3.63) is 120 Å². The number of hydrogen-bond donors (Lipinski definition) is 1.